The Balaban J connectivity index is 1.79. The number of nitrogens with zero attached hydrogens (tertiary/aromatic N) is 3. The first-order chi connectivity index (χ1) is 14.1. The van der Waals surface area contributed by atoms with Crippen molar-refractivity contribution in [2.45, 2.75) is 6.42 Å². The van der Waals surface area contributed by atoms with Crippen LogP contribution < -0.4 is 5.73 Å². The van der Waals surface area contributed by atoms with Crippen LogP contribution in [0.15, 0.2) is 67.0 Å². The molecule has 1 aliphatic heterocycles. The molecule has 0 saturated heterocycles. The predicted octanol–water partition coefficient (Wildman–Crippen LogP) is 4.00. The second-order valence-corrected chi connectivity index (χ2v) is 7.60. The molecule has 144 valence electrons. The number of pyridine rings is 1. The van der Waals surface area contributed by atoms with Crippen molar-refractivity contribution in [3.63, 3.8) is 0 Å². The molecule has 29 heavy (non-hydrogen) atoms. The number of fused-ring (bicyclic) bond motifs is 2. The molecule has 1 aliphatic rings. The minimum atomic E-state index is -0.405. The molecule has 0 saturated carbocycles. The smallest absolute Gasteiger partial charge is 0.248 e. The molecule has 0 bridgehead atoms. The number of carbonyl (C=O) groups excluding carboxylic acids is 1. The van der Waals surface area contributed by atoms with Crippen molar-refractivity contribution in [3.8, 4) is 5.69 Å². The van der Waals surface area contributed by atoms with Crippen molar-refractivity contribution in [2.75, 3.05) is 20.1 Å². The SMILES string of the molecule is CN1CC=C(c2cn(-c3ccnc4ccccc34)c3ccc(C(N)=O)cc23)CC1. The number of para-hydroxylation sites is 1. The molecular formula is C24H22N4O. The first kappa shape index (κ1) is 17.6. The maximum Gasteiger partial charge on any atom is 0.248 e. The Morgan fingerprint density at radius 3 is 2.76 bits per heavy atom. The van der Waals surface area contributed by atoms with Gasteiger partial charge in [0.05, 0.1) is 16.7 Å². The van der Waals surface area contributed by atoms with Crippen LogP contribution in [0.5, 0.6) is 0 Å². The highest BCUT2D eigenvalue weighted by Crippen LogP contribution is 2.34. The van der Waals surface area contributed by atoms with Crippen molar-refractivity contribution < 1.29 is 4.79 Å². The van der Waals surface area contributed by atoms with Gasteiger partial charge in [-0.25, -0.2) is 0 Å². The van der Waals surface area contributed by atoms with Gasteiger partial charge in [0.2, 0.25) is 5.91 Å². The molecule has 5 rings (SSSR count). The van der Waals surface area contributed by atoms with Crippen LogP contribution in [-0.2, 0) is 0 Å². The maximum atomic E-state index is 11.8. The van der Waals surface area contributed by atoms with Crippen molar-refractivity contribution in [2.24, 2.45) is 5.73 Å². The highest BCUT2D eigenvalue weighted by Gasteiger charge is 2.18. The Labute approximate surface area is 169 Å². The molecule has 0 aliphatic carbocycles. The van der Waals surface area contributed by atoms with E-state index in [2.05, 4.69) is 39.8 Å². The van der Waals surface area contributed by atoms with E-state index in [0.29, 0.717) is 5.56 Å². The topological polar surface area (TPSA) is 64.2 Å². The lowest BCUT2D eigenvalue weighted by Gasteiger charge is -2.21. The quantitative estimate of drug-likeness (QED) is 0.583. The summed E-state index contributed by atoms with van der Waals surface area (Å²) < 4.78 is 2.21. The molecule has 0 fully saturated rings. The molecule has 3 heterocycles. The summed E-state index contributed by atoms with van der Waals surface area (Å²) in [5.74, 6) is -0.405. The molecule has 2 N–H and O–H groups in total. The zero-order valence-electron chi connectivity index (χ0n) is 16.3. The van der Waals surface area contributed by atoms with Gasteiger partial charge in [-0.05, 0) is 49.4 Å². The predicted molar refractivity (Wildman–Crippen MR) is 117 cm³/mol. The standard InChI is InChI=1S/C24H22N4O/c1-27-12-9-16(10-13-27)20-15-28(22-7-6-17(24(25)29)14-19(20)22)23-8-11-26-21-5-3-2-4-18(21)23/h2-9,11,14-15H,10,12-13H2,1H3,(H2,25,29). The lowest BCUT2D eigenvalue weighted by Crippen LogP contribution is -2.23. The maximum absolute atomic E-state index is 11.8. The molecule has 5 heteroatoms. The van der Waals surface area contributed by atoms with Gasteiger partial charge in [-0.15, -0.1) is 0 Å². The van der Waals surface area contributed by atoms with E-state index in [4.69, 9.17) is 5.73 Å². The summed E-state index contributed by atoms with van der Waals surface area (Å²) >= 11 is 0. The molecule has 0 unspecified atom stereocenters. The van der Waals surface area contributed by atoms with Gasteiger partial charge in [0.15, 0.2) is 0 Å². The van der Waals surface area contributed by atoms with E-state index < -0.39 is 5.91 Å². The number of hydrogen-bond acceptors (Lipinski definition) is 3. The summed E-state index contributed by atoms with van der Waals surface area (Å²) in [7, 11) is 2.13. The number of rotatable bonds is 3. The minimum absolute atomic E-state index is 0.405. The Kier molecular flexibility index (Phi) is 4.18. The van der Waals surface area contributed by atoms with Gasteiger partial charge in [-0.1, -0.05) is 24.3 Å². The first-order valence-corrected chi connectivity index (χ1v) is 9.79. The van der Waals surface area contributed by atoms with E-state index in [1.165, 1.54) is 5.57 Å². The number of likely N-dealkylation sites (N-methyl/N-ethyl adjacent to an activating group) is 1. The Hall–Kier alpha value is -3.44. The van der Waals surface area contributed by atoms with Gasteiger partial charge in [0, 0.05) is 47.4 Å². The van der Waals surface area contributed by atoms with Gasteiger partial charge in [0.25, 0.3) is 0 Å². The zero-order valence-corrected chi connectivity index (χ0v) is 16.3. The van der Waals surface area contributed by atoms with E-state index in [0.717, 1.165) is 52.6 Å². The number of amides is 1. The normalized spacial score (nSPS) is 15.0. The first-order valence-electron chi connectivity index (χ1n) is 9.79. The third kappa shape index (κ3) is 3.00. The van der Waals surface area contributed by atoms with Crippen molar-refractivity contribution in [1.82, 2.24) is 14.5 Å². The fraction of sp³-hybridized carbons (Fsp3) is 0.167. The number of hydrogen-bond donors (Lipinski definition) is 1. The molecule has 0 atom stereocenters. The number of nitrogens with two attached hydrogens (primary N) is 1. The Bertz CT molecular complexity index is 1280. The second-order valence-electron chi connectivity index (χ2n) is 7.60. The molecule has 5 nitrogen and oxygen atoms in total. The molecular weight excluding hydrogens is 360 g/mol. The summed E-state index contributed by atoms with van der Waals surface area (Å²) in [5, 5.41) is 2.15. The molecule has 0 spiro atoms. The molecule has 0 radical (unpaired) electrons. The summed E-state index contributed by atoms with van der Waals surface area (Å²) in [6, 6.07) is 15.9. The largest absolute Gasteiger partial charge is 0.366 e. The summed E-state index contributed by atoms with van der Waals surface area (Å²) in [4.78, 5) is 18.6. The van der Waals surface area contributed by atoms with E-state index in [1.807, 2.05) is 42.6 Å². The van der Waals surface area contributed by atoms with Crippen LogP contribution in [-0.4, -0.2) is 40.5 Å². The fourth-order valence-corrected chi connectivity index (χ4v) is 4.14. The fourth-order valence-electron chi connectivity index (χ4n) is 4.14. The van der Waals surface area contributed by atoms with Crippen molar-refractivity contribution in [1.29, 1.82) is 0 Å². The van der Waals surface area contributed by atoms with E-state index in [1.54, 1.807) is 6.07 Å². The highest BCUT2D eigenvalue weighted by atomic mass is 16.1. The summed E-state index contributed by atoms with van der Waals surface area (Å²) in [6.45, 7) is 1.95. The number of carbonyl (C=O) groups is 1. The van der Waals surface area contributed by atoms with Crippen LogP contribution in [0.2, 0.25) is 0 Å². The monoisotopic (exact) mass is 382 g/mol. The molecule has 2 aromatic carbocycles. The highest BCUT2D eigenvalue weighted by molar-refractivity contribution is 6.02. The van der Waals surface area contributed by atoms with E-state index in [-0.39, 0.29) is 0 Å². The lowest BCUT2D eigenvalue weighted by atomic mass is 9.98. The van der Waals surface area contributed by atoms with Gasteiger partial charge in [-0.2, -0.15) is 0 Å². The summed E-state index contributed by atoms with van der Waals surface area (Å²) in [6.07, 6.45) is 7.29. The van der Waals surface area contributed by atoms with Gasteiger partial charge < -0.3 is 15.2 Å². The van der Waals surface area contributed by atoms with Gasteiger partial charge >= 0.3 is 0 Å². The number of aromatic nitrogens is 2. The van der Waals surface area contributed by atoms with Gasteiger partial charge in [-0.3, -0.25) is 9.78 Å². The average Bonchev–Trinajstić information content (AvgIpc) is 3.12. The van der Waals surface area contributed by atoms with Gasteiger partial charge in [0.1, 0.15) is 0 Å². The van der Waals surface area contributed by atoms with Crippen LogP contribution in [0.25, 0.3) is 33.1 Å². The van der Waals surface area contributed by atoms with Crippen LogP contribution in [0.4, 0.5) is 0 Å². The van der Waals surface area contributed by atoms with E-state index >= 15 is 0 Å². The van der Waals surface area contributed by atoms with Crippen LogP contribution in [0.1, 0.15) is 22.3 Å². The van der Waals surface area contributed by atoms with Crippen LogP contribution in [0, 0.1) is 0 Å². The lowest BCUT2D eigenvalue weighted by molar-refractivity contribution is 0.100. The minimum Gasteiger partial charge on any atom is -0.366 e. The van der Waals surface area contributed by atoms with Crippen molar-refractivity contribution in [3.05, 3.63) is 78.1 Å². The van der Waals surface area contributed by atoms with E-state index in [9.17, 15) is 4.79 Å². The third-order valence-corrected chi connectivity index (χ3v) is 5.73. The Morgan fingerprint density at radius 2 is 1.97 bits per heavy atom. The average molecular weight is 382 g/mol. The van der Waals surface area contributed by atoms with Crippen LogP contribution >= 0.6 is 0 Å². The molecule has 4 aromatic rings. The summed E-state index contributed by atoms with van der Waals surface area (Å²) in [5.41, 5.74) is 11.7. The third-order valence-electron chi connectivity index (χ3n) is 5.73. The number of primary amides is 1. The Morgan fingerprint density at radius 1 is 1.10 bits per heavy atom. The van der Waals surface area contributed by atoms with Crippen LogP contribution in [0.3, 0.4) is 0 Å². The second kappa shape index (κ2) is 6.87. The van der Waals surface area contributed by atoms with Crippen molar-refractivity contribution >= 4 is 33.3 Å². The zero-order chi connectivity index (χ0) is 20.0. The molecule has 2 aromatic heterocycles. The molecule has 1 amide bonds. The number of benzene rings is 2.